The molecule has 0 saturated heterocycles. The summed E-state index contributed by atoms with van der Waals surface area (Å²) >= 11 is 0. The molecule has 0 aliphatic rings. The molecule has 1 aromatic rings. The summed E-state index contributed by atoms with van der Waals surface area (Å²) in [6.07, 6.45) is 1.17. The van der Waals surface area contributed by atoms with Gasteiger partial charge >= 0.3 is 0 Å². The molecule has 0 aromatic carbocycles. The Morgan fingerprint density at radius 3 is 2.48 bits per heavy atom. The van der Waals surface area contributed by atoms with Gasteiger partial charge in [-0.05, 0) is 19.9 Å². The van der Waals surface area contributed by atoms with Gasteiger partial charge in [-0.15, -0.1) is 0 Å². The van der Waals surface area contributed by atoms with E-state index in [4.69, 9.17) is 9.47 Å². The molecule has 1 rings (SSSR count). The molecule has 0 aliphatic carbocycles. The van der Waals surface area contributed by atoms with Gasteiger partial charge in [-0.2, -0.15) is 0 Å². The van der Waals surface area contributed by atoms with Crippen LogP contribution in [-0.2, 0) is 26.1 Å². The van der Waals surface area contributed by atoms with E-state index in [1.54, 1.807) is 4.57 Å². The standard InChI is InChI=1S/C13H24N2O5S/c1-10(2)15-7-13(5-11(15)8-16)21(17,18)14-6-12(20-4)9-19-3/h5,7,10,12,14,16H,6,8-9H2,1-4H3. The van der Waals surface area contributed by atoms with Crippen LogP contribution in [0.25, 0.3) is 0 Å². The molecule has 7 nitrogen and oxygen atoms in total. The van der Waals surface area contributed by atoms with E-state index in [1.165, 1.54) is 26.5 Å². The Morgan fingerprint density at radius 1 is 1.38 bits per heavy atom. The zero-order chi connectivity index (χ0) is 16.0. The molecule has 0 bridgehead atoms. The van der Waals surface area contributed by atoms with Gasteiger partial charge in [0.05, 0.1) is 24.2 Å². The fourth-order valence-corrected chi connectivity index (χ4v) is 3.05. The summed E-state index contributed by atoms with van der Waals surface area (Å²) in [7, 11) is -0.625. The van der Waals surface area contributed by atoms with E-state index in [-0.39, 0.29) is 30.2 Å². The number of nitrogens with one attached hydrogen (secondary N) is 1. The smallest absolute Gasteiger partial charge is 0.242 e. The summed E-state index contributed by atoms with van der Waals surface area (Å²) in [5, 5.41) is 9.30. The fourth-order valence-electron chi connectivity index (χ4n) is 1.93. The van der Waals surface area contributed by atoms with Gasteiger partial charge in [0.15, 0.2) is 0 Å². The summed E-state index contributed by atoms with van der Waals surface area (Å²) in [6.45, 7) is 4.05. The van der Waals surface area contributed by atoms with Crippen LogP contribution in [0.4, 0.5) is 0 Å². The minimum Gasteiger partial charge on any atom is -0.390 e. The van der Waals surface area contributed by atoms with Crippen LogP contribution in [0, 0.1) is 0 Å². The molecule has 0 spiro atoms. The van der Waals surface area contributed by atoms with Crippen molar-refractivity contribution in [3.05, 3.63) is 18.0 Å². The van der Waals surface area contributed by atoms with Crippen LogP contribution >= 0.6 is 0 Å². The first-order valence-electron chi connectivity index (χ1n) is 6.68. The third-order valence-corrected chi connectivity index (χ3v) is 4.51. The first-order valence-corrected chi connectivity index (χ1v) is 8.17. The predicted octanol–water partition coefficient (Wildman–Crippen LogP) is 0.501. The second-order valence-electron chi connectivity index (χ2n) is 4.99. The van der Waals surface area contributed by atoms with Gasteiger partial charge < -0.3 is 19.1 Å². The highest BCUT2D eigenvalue weighted by molar-refractivity contribution is 7.89. The van der Waals surface area contributed by atoms with Crippen LogP contribution in [0.15, 0.2) is 17.2 Å². The summed E-state index contributed by atoms with van der Waals surface area (Å²) in [6, 6.07) is 1.54. The van der Waals surface area contributed by atoms with E-state index in [1.807, 2.05) is 13.8 Å². The molecule has 1 aromatic heterocycles. The number of methoxy groups -OCH3 is 2. The Morgan fingerprint density at radius 2 is 2.05 bits per heavy atom. The van der Waals surface area contributed by atoms with Crippen LogP contribution in [0.2, 0.25) is 0 Å². The van der Waals surface area contributed by atoms with Crippen molar-refractivity contribution < 1.29 is 23.0 Å². The van der Waals surface area contributed by atoms with Crippen molar-refractivity contribution >= 4 is 10.0 Å². The second kappa shape index (κ2) is 7.90. The van der Waals surface area contributed by atoms with Gasteiger partial charge in [0, 0.05) is 38.7 Å². The quantitative estimate of drug-likeness (QED) is 0.691. The van der Waals surface area contributed by atoms with Crippen molar-refractivity contribution in [1.29, 1.82) is 0 Å². The van der Waals surface area contributed by atoms with Crippen molar-refractivity contribution in [2.45, 2.75) is 37.5 Å². The number of sulfonamides is 1. The largest absolute Gasteiger partial charge is 0.390 e. The van der Waals surface area contributed by atoms with E-state index in [2.05, 4.69) is 4.72 Å². The van der Waals surface area contributed by atoms with Crippen molar-refractivity contribution in [2.75, 3.05) is 27.4 Å². The van der Waals surface area contributed by atoms with E-state index < -0.39 is 10.0 Å². The van der Waals surface area contributed by atoms with Gasteiger partial charge in [0.1, 0.15) is 0 Å². The minimum absolute atomic E-state index is 0.0660. The molecule has 1 unspecified atom stereocenters. The zero-order valence-corrected chi connectivity index (χ0v) is 13.7. The number of hydrogen-bond acceptors (Lipinski definition) is 5. The number of rotatable bonds is 9. The molecule has 8 heteroatoms. The zero-order valence-electron chi connectivity index (χ0n) is 12.9. The maximum Gasteiger partial charge on any atom is 0.242 e. The lowest BCUT2D eigenvalue weighted by molar-refractivity contribution is 0.0320. The van der Waals surface area contributed by atoms with Gasteiger partial charge in [0.25, 0.3) is 0 Å². The molecular weight excluding hydrogens is 296 g/mol. The van der Waals surface area contributed by atoms with Crippen molar-refractivity contribution in [3.63, 3.8) is 0 Å². The van der Waals surface area contributed by atoms with Crippen LogP contribution in [-0.4, -0.2) is 51.6 Å². The number of aliphatic hydroxyl groups is 1. The molecular formula is C13H24N2O5S. The molecule has 1 heterocycles. The Bertz CT molecular complexity index is 539. The van der Waals surface area contributed by atoms with Gasteiger partial charge in [-0.25, -0.2) is 13.1 Å². The summed E-state index contributed by atoms with van der Waals surface area (Å²) in [5.41, 5.74) is 0.561. The third-order valence-electron chi connectivity index (χ3n) is 3.12. The molecule has 1 atom stereocenters. The topological polar surface area (TPSA) is 89.8 Å². The van der Waals surface area contributed by atoms with E-state index in [9.17, 15) is 13.5 Å². The number of nitrogens with zero attached hydrogens (tertiary/aromatic N) is 1. The number of hydrogen-bond donors (Lipinski definition) is 2. The van der Waals surface area contributed by atoms with Gasteiger partial charge in [-0.3, -0.25) is 0 Å². The Kier molecular flexibility index (Phi) is 6.82. The normalized spacial score (nSPS) is 13.8. The molecule has 0 radical (unpaired) electrons. The maximum absolute atomic E-state index is 12.3. The molecule has 122 valence electrons. The SMILES string of the molecule is COCC(CNS(=O)(=O)c1cc(CO)n(C(C)C)c1)OC. The third kappa shape index (κ3) is 4.79. The lowest BCUT2D eigenvalue weighted by Crippen LogP contribution is -2.35. The fraction of sp³-hybridized carbons (Fsp3) is 0.692. The molecule has 0 fully saturated rings. The van der Waals surface area contributed by atoms with Gasteiger partial charge in [-0.1, -0.05) is 0 Å². The molecule has 2 N–H and O–H groups in total. The summed E-state index contributed by atoms with van der Waals surface area (Å²) < 4.78 is 38.8. The van der Waals surface area contributed by atoms with Crippen molar-refractivity contribution in [3.8, 4) is 0 Å². The molecule has 0 saturated carbocycles. The average Bonchev–Trinajstić information content (AvgIpc) is 2.88. The molecule has 21 heavy (non-hydrogen) atoms. The van der Waals surface area contributed by atoms with Crippen LogP contribution in [0.3, 0.4) is 0 Å². The number of aromatic nitrogens is 1. The van der Waals surface area contributed by atoms with Crippen LogP contribution in [0.1, 0.15) is 25.6 Å². The summed E-state index contributed by atoms with van der Waals surface area (Å²) in [5.74, 6) is 0. The second-order valence-corrected chi connectivity index (χ2v) is 6.76. The monoisotopic (exact) mass is 320 g/mol. The summed E-state index contributed by atoms with van der Waals surface area (Å²) in [4.78, 5) is 0.132. The van der Waals surface area contributed by atoms with Crippen LogP contribution in [0.5, 0.6) is 0 Å². The van der Waals surface area contributed by atoms with E-state index in [0.717, 1.165) is 0 Å². The molecule has 0 amide bonds. The lowest BCUT2D eigenvalue weighted by Gasteiger charge is -2.14. The lowest BCUT2D eigenvalue weighted by atomic mass is 10.3. The van der Waals surface area contributed by atoms with Crippen molar-refractivity contribution in [2.24, 2.45) is 0 Å². The Hall–Kier alpha value is -0.930. The highest BCUT2D eigenvalue weighted by Gasteiger charge is 2.20. The minimum atomic E-state index is -3.65. The highest BCUT2D eigenvalue weighted by Crippen LogP contribution is 2.18. The Balaban J connectivity index is 2.88. The number of aliphatic hydroxyl groups excluding tert-OH is 1. The molecule has 0 aliphatic heterocycles. The average molecular weight is 320 g/mol. The number of ether oxygens (including phenoxy) is 2. The van der Waals surface area contributed by atoms with E-state index in [0.29, 0.717) is 12.3 Å². The predicted molar refractivity (Wildman–Crippen MR) is 78.6 cm³/mol. The van der Waals surface area contributed by atoms with E-state index >= 15 is 0 Å². The first-order chi connectivity index (χ1) is 9.85. The maximum atomic E-state index is 12.3. The van der Waals surface area contributed by atoms with Crippen molar-refractivity contribution in [1.82, 2.24) is 9.29 Å². The Labute approximate surface area is 125 Å². The van der Waals surface area contributed by atoms with Crippen LogP contribution < -0.4 is 4.72 Å². The first kappa shape index (κ1) is 18.1. The van der Waals surface area contributed by atoms with Gasteiger partial charge in [0.2, 0.25) is 10.0 Å². The highest BCUT2D eigenvalue weighted by atomic mass is 32.2.